The number of hydrogen-bond donors (Lipinski definition) is 1. The van der Waals surface area contributed by atoms with E-state index in [9.17, 15) is 4.39 Å². The van der Waals surface area contributed by atoms with Gasteiger partial charge in [0.2, 0.25) is 0 Å². The lowest BCUT2D eigenvalue weighted by molar-refractivity contribution is 0.221. The van der Waals surface area contributed by atoms with Crippen LogP contribution in [0, 0.1) is 0 Å². The molecule has 1 fully saturated rings. The minimum atomic E-state index is -0.208. The number of rotatable bonds is 2. The predicted octanol–water partition coefficient (Wildman–Crippen LogP) is 0.705. The summed E-state index contributed by atoms with van der Waals surface area (Å²) in [5.41, 5.74) is 0. The molecule has 1 N–H and O–H groups in total. The molecule has 1 aliphatic heterocycles. The number of halogens is 3. The van der Waals surface area contributed by atoms with Crippen LogP contribution < -0.4 is 5.32 Å². The molecule has 1 rings (SSSR count). The first kappa shape index (κ1) is 14.0. The smallest absolute Gasteiger partial charge is 0.102 e. The fourth-order valence-electron chi connectivity index (χ4n) is 1.05. The van der Waals surface area contributed by atoms with Gasteiger partial charge in [-0.05, 0) is 0 Å². The molecule has 0 amide bonds. The van der Waals surface area contributed by atoms with Crippen molar-refractivity contribution in [1.82, 2.24) is 10.2 Å². The quantitative estimate of drug-likeness (QED) is 0.714. The van der Waals surface area contributed by atoms with Gasteiger partial charge in [0, 0.05) is 32.7 Å². The SMILES string of the molecule is Cl.Cl.FCCN1CCNCC1. The summed E-state index contributed by atoms with van der Waals surface area (Å²) in [5.74, 6) is 0. The summed E-state index contributed by atoms with van der Waals surface area (Å²) < 4.78 is 11.7. The summed E-state index contributed by atoms with van der Waals surface area (Å²) in [6.45, 7) is 4.44. The van der Waals surface area contributed by atoms with E-state index in [2.05, 4.69) is 10.2 Å². The molecule has 0 spiro atoms. The average molecular weight is 205 g/mol. The van der Waals surface area contributed by atoms with Gasteiger partial charge < -0.3 is 5.32 Å². The van der Waals surface area contributed by atoms with E-state index < -0.39 is 0 Å². The van der Waals surface area contributed by atoms with Gasteiger partial charge in [-0.15, -0.1) is 24.8 Å². The lowest BCUT2D eigenvalue weighted by Crippen LogP contribution is -2.44. The summed E-state index contributed by atoms with van der Waals surface area (Å²) in [6, 6.07) is 0. The lowest BCUT2D eigenvalue weighted by Gasteiger charge is -2.25. The van der Waals surface area contributed by atoms with Gasteiger partial charge in [-0.3, -0.25) is 4.90 Å². The van der Waals surface area contributed by atoms with Gasteiger partial charge in [0.05, 0.1) is 0 Å². The third-order valence-corrected chi connectivity index (χ3v) is 1.61. The lowest BCUT2D eigenvalue weighted by atomic mass is 10.4. The first-order chi connectivity index (χ1) is 4.43. The highest BCUT2D eigenvalue weighted by Gasteiger charge is 2.07. The minimum Gasteiger partial charge on any atom is -0.314 e. The molecule has 0 aromatic heterocycles. The van der Waals surface area contributed by atoms with E-state index in [1.165, 1.54) is 0 Å². The third-order valence-electron chi connectivity index (χ3n) is 1.61. The zero-order valence-electron chi connectivity index (χ0n) is 6.38. The summed E-state index contributed by atoms with van der Waals surface area (Å²) in [6.07, 6.45) is 0. The van der Waals surface area contributed by atoms with E-state index in [-0.39, 0.29) is 31.5 Å². The molecule has 2 nitrogen and oxygen atoms in total. The van der Waals surface area contributed by atoms with Crippen molar-refractivity contribution in [2.24, 2.45) is 0 Å². The molecule has 0 unspecified atom stereocenters. The second kappa shape index (κ2) is 8.53. The van der Waals surface area contributed by atoms with Crippen molar-refractivity contribution in [2.45, 2.75) is 0 Å². The van der Waals surface area contributed by atoms with Crippen molar-refractivity contribution in [3.63, 3.8) is 0 Å². The molecule has 1 aliphatic rings. The van der Waals surface area contributed by atoms with Gasteiger partial charge in [-0.25, -0.2) is 4.39 Å². The Morgan fingerprint density at radius 2 is 1.73 bits per heavy atom. The van der Waals surface area contributed by atoms with E-state index >= 15 is 0 Å². The van der Waals surface area contributed by atoms with Crippen LogP contribution in [-0.4, -0.2) is 44.3 Å². The maximum Gasteiger partial charge on any atom is 0.102 e. The average Bonchev–Trinajstić information content (AvgIpc) is 1.91. The zero-order valence-corrected chi connectivity index (χ0v) is 8.02. The summed E-state index contributed by atoms with van der Waals surface area (Å²) in [4.78, 5) is 2.14. The van der Waals surface area contributed by atoms with Crippen LogP contribution >= 0.6 is 24.8 Å². The maximum absolute atomic E-state index is 11.7. The fourth-order valence-corrected chi connectivity index (χ4v) is 1.05. The Labute approximate surface area is 79.3 Å². The molecular weight excluding hydrogens is 190 g/mol. The Balaban J connectivity index is 0. The van der Waals surface area contributed by atoms with Crippen LogP contribution in [0.15, 0.2) is 0 Å². The van der Waals surface area contributed by atoms with Crippen molar-refractivity contribution in [2.75, 3.05) is 39.4 Å². The van der Waals surface area contributed by atoms with Gasteiger partial charge in [0.15, 0.2) is 0 Å². The highest BCUT2D eigenvalue weighted by Crippen LogP contribution is 1.90. The predicted molar refractivity (Wildman–Crippen MR) is 49.8 cm³/mol. The molecule has 0 radical (unpaired) electrons. The monoisotopic (exact) mass is 204 g/mol. The molecule has 0 atom stereocenters. The molecule has 0 aliphatic carbocycles. The molecule has 11 heavy (non-hydrogen) atoms. The van der Waals surface area contributed by atoms with Gasteiger partial charge in [0.1, 0.15) is 6.67 Å². The third kappa shape index (κ3) is 5.67. The Kier molecular flexibility index (Phi) is 10.8. The Morgan fingerprint density at radius 3 is 2.18 bits per heavy atom. The van der Waals surface area contributed by atoms with Crippen LogP contribution in [0.5, 0.6) is 0 Å². The van der Waals surface area contributed by atoms with E-state index in [4.69, 9.17) is 0 Å². The zero-order chi connectivity index (χ0) is 6.53. The van der Waals surface area contributed by atoms with Crippen molar-refractivity contribution in [3.05, 3.63) is 0 Å². The van der Waals surface area contributed by atoms with E-state index in [0.29, 0.717) is 6.54 Å². The Morgan fingerprint density at radius 1 is 1.18 bits per heavy atom. The fraction of sp³-hybridized carbons (Fsp3) is 1.00. The minimum absolute atomic E-state index is 0. The Hall–Kier alpha value is 0.430. The van der Waals surface area contributed by atoms with E-state index in [1.807, 2.05) is 0 Å². The van der Waals surface area contributed by atoms with Gasteiger partial charge in [-0.2, -0.15) is 0 Å². The van der Waals surface area contributed by atoms with Gasteiger partial charge >= 0.3 is 0 Å². The van der Waals surface area contributed by atoms with Crippen LogP contribution in [0.1, 0.15) is 0 Å². The second-order valence-corrected chi connectivity index (χ2v) is 2.28. The van der Waals surface area contributed by atoms with Crippen LogP contribution in [0.2, 0.25) is 0 Å². The normalized spacial score (nSPS) is 18.3. The largest absolute Gasteiger partial charge is 0.314 e. The van der Waals surface area contributed by atoms with E-state index in [1.54, 1.807) is 0 Å². The van der Waals surface area contributed by atoms with Crippen molar-refractivity contribution in [3.8, 4) is 0 Å². The summed E-state index contributed by atoms with van der Waals surface area (Å²) in [7, 11) is 0. The van der Waals surface area contributed by atoms with Crippen LogP contribution in [-0.2, 0) is 0 Å². The van der Waals surface area contributed by atoms with Crippen LogP contribution in [0.4, 0.5) is 4.39 Å². The number of piperazine rings is 1. The molecule has 70 valence electrons. The second-order valence-electron chi connectivity index (χ2n) is 2.28. The number of nitrogens with one attached hydrogen (secondary N) is 1. The summed E-state index contributed by atoms with van der Waals surface area (Å²) in [5, 5.41) is 3.21. The number of hydrogen-bond acceptors (Lipinski definition) is 2. The molecule has 0 aromatic rings. The highest BCUT2D eigenvalue weighted by atomic mass is 35.5. The standard InChI is InChI=1S/C6H13FN2.2ClH/c7-1-4-9-5-2-8-3-6-9;;/h8H,1-6H2;2*1H. The van der Waals surface area contributed by atoms with Gasteiger partial charge in [-0.1, -0.05) is 0 Å². The molecule has 1 heterocycles. The highest BCUT2D eigenvalue weighted by molar-refractivity contribution is 5.85. The molecule has 0 aromatic carbocycles. The van der Waals surface area contributed by atoms with Gasteiger partial charge in [0.25, 0.3) is 0 Å². The first-order valence-electron chi connectivity index (χ1n) is 3.42. The number of alkyl halides is 1. The van der Waals surface area contributed by atoms with E-state index in [0.717, 1.165) is 26.2 Å². The molecule has 5 heteroatoms. The molecule has 0 bridgehead atoms. The molecular formula is C6H15Cl2FN2. The topological polar surface area (TPSA) is 15.3 Å². The van der Waals surface area contributed by atoms with Crippen molar-refractivity contribution >= 4 is 24.8 Å². The Bertz CT molecular complexity index is 76.2. The van der Waals surface area contributed by atoms with Crippen LogP contribution in [0.25, 0.3) is 0 Å². The summed E-state index contributed by atoms with van der Waals surface area (Å²) >= 11 is 0. The molecule has 0 saturated carbocycles. The number of nitrogens with zero attached hydrogens (tertiary/aromatic N) is 1. The maximum atomic E-state index is 11.7. The molecule has 1 saturated heterocycles. The van der Waals surface area contributed by atoms with Crippen molar-refractivity contribution < 1.29 is 4.39 Å². The van der Waals surface area contributed by atoms with Crippen LogP contribution in [0.3, 0.4) is 0 Å². The van der Waals surface area contributed by atoms with Crippen molar-refractivity contribution in [1.29, 1.82) is 0 Å². The first-order valence-corrected chi connectivity index (χ1v) is 3.42.